The van der Waals surface area contributed by atoms with E-state index in [1.165, 1.54) is 38.4 Å². The van der Waals surface area contributed by atoms with Gasteiger partial charge in [-0.25, -0.2) is 33.2 Å². The second-order valence-corrected chi connectivity index (χ2v) is 10.0. The fraction of sp³-hybridized carbons (Fsp3) is 0.304. The minimum atomic E-state index is -3.79. The summed E-state index contributed by atoms with van der Waals surface area (Å²) in [5.41, 5.74) is 3.54. The van der Waals surface area contributed by atoms with Gasteiger partial charge in [0.2, 0.25) is 10.0 Å². The number of anilines is 5. The summed E-state index contributed by atoms with van der Waals surface area (Å²) in [7, 11) is -2.54. The molecule has 0 unspecified atom stereocenters. The number of benzene rings is 1. The summed E-state index contributed by atoms with van der Waals surface area (Å²) in [6, 6.07) is 6.29. The summed E-state index contributed by atoms with van der Waals surface area (Å²) in [5.74, 6) is 0.0647. The zero-order valence-electron chi connectivity index (χ0n) is 20.8. The Hall–Kier alpha value is -3.84. The first-order chi connectivity index (χ1) is 16.9. The molecule has 0 bridgehead atoms. The predicted molar refractivity (Wildman–Crippen MR) is 136 cm³/mol. The summed E-state index contributed by atoms with van der Waals surface area (Å²) < 4.78 is 40.4. The first-order valence-electron chi connectivity index (χ1n) is 10.9. The molecule has 0 atom stereocenters. The Morgan fingerprint density at radius 2 is 1.81 bits per heavy atom. The van der Waals surface area contributed by atoms with Gasteiger partial charge < -0.3 is 10.6 Å². The van der Waals surface area contributed by atoms with E-state index in [2.05, 4.69) is 31.1 Å². The molecule has 13 heteroatoms. The smallest absolute Gasteiger partial charge is 0.278 e. The molecule has 1 amide bonds. The highest BCUT2D eigenvalue weighted by molar-refractivity contribution is 7.92. The minimum absolute atomic E-state index is 0.0815. The van der Waals surface area contributed by atoms with Crippen LogP contribution in [-0.2, 0) is 14.9 Å². The number of amides is 1. The molecule has 11 nitrogen and oxygen atoms in total. The monoisotopic (exact) mass is 517 g/mol. The Morgan fingerprint density at radius 3 is 2.44 bits per heavy atom. The molecule has 1 aromatic carbocycles. The molecule has 2 aromatic heterocycles. The van der Waals surface area contributed by atoms with Gasteiger partial charge in [0.1, 0.15) is 23.1 Å². The molecule has 36 heavy (non-hydrogen) atoms. The van der Waals surface area contributed by atoms with E-state index in [0.717, 1.165) is 16.3 Å². The second kappa shape index (κ2) is 10.8. The van der Waals surface area contributed by atoms with Crippen molar-refractivity contribution >= 4 is 44.6 Å². The molecule has 0 spiro atoms. The Balaban J connectivity index is 2.10. The average molecular weight is 518 g/mol. The van der Waals surface area contributed by atoms with Gasteiger partial charge in [0.15, 0.2) is 5.82 Å². The number of nitrogens with one attached hydrogen (secondary N) is 3. The molecule has 3 N–H and O–H groups in total. The van der Waals surface area contributed by atoms with Gasteiger partial charge in [-0.3, -0.25) is 13.9 Å². The first-order valence-corrected chi connectivity index (χ1v) is 12.8. The number of nitrogens with zero attached hydrogens (tertiary/aromatic N) is 4. The van der Waals surface area contributed by atoms with Crippen LogP contribution in [0, 0.1) is 26.6 Å². The summed E-state index contributed by atoms with van der Waals surface area (Å²) in [4.78, 5) is 30.6. The maximum absolute atomic E-state index is 15.1. The first kappa shape index (κ1) is 26.8. The van der Waals surface area contributed by atoms with Crippen LogP contribution >= 0.6 is 0 Å². The third kappa shape index (κ3) is 6.23. The van der Waals surface area contributed by atoms with E-state index < -0.39 is 21.7 Å². The number of carbonyl (C=O) groups is 1. The number of hydrogen-bond acceptors (Lipinski definition) is 9. The predicted octanol–water partition coefficient (Wildman–Crippen LogP) is 3.50. The molecule has 0 aliphatic carbocycles. The molecule has 0 saturated carbocycles. The number of aryl methyl sites for hydroxylation is 3. The zero-order chi connectivity index (χ0) is 26.6. The van der Waals surface area contributed by atoms with E-state index in [0.29, 0.717) is 17.5 Å². The van der Waals surface area contributed by atoms with Gasteiger partial charge in [-0.15, -0.1) is 0 Å². The van der Waals surface area contributed by atoms with Gasteiger partial charge in [0.05, 0.1) is 29.8 Å². The summed E-state index contributed by atoms with van der Waals surface area (Å²) in [6.45, 7) is 7.05. The van der Waals surface area contributed by atoms with E-state index in [-0.39, 0.29) is 34.8 Å². The summed E-state index contributed by atoms with van der Waals surface area (Å²) in [6.07, 6.45) is 2.28. The van der Waals surface area contributed by atoms with Crippen molar-refractivity contribution in [1.82, 2.24) is 20.4 Å². The summed E-state index contributed by atoms with van der Waals surface area (Å²) in [5, 5.41) is 6.05. The number of rotatable bonds is 9. The third-order valence-electron chi connectivity index (χ3n) is 5.07. The number of carbonyl (C=O) groups excluding carboxylic acids is 1. The Labute approximate surface area is 209 Å². The van der Waals surface area contributed by atoms with Gasteiger partial charge in [0.25, 0.3) is 5.91 Å². The maximum atomic E-state index is 15.1. The zero-order valence-corrected chi connectivity index (χ0v) is 21.6. The molecular weight excluding hydrogens is 489 g/mol. The molecule has 192 valence electrons. The highest BCUT2D eigenvalue weighted by atomic mass is 32.2. The van der Waals surface area contributed by atoms with Crippen LogP contribution in [0.1, 0.15) is 34.4 Å². The number of pyridine rings is 1. The van der Waals surface area contributed by atoms with Crippen molar-refractivity contribution in [2.75, 3.05) is 34.8 Å². The van der Waals surface area contributed by atoms with E-state index in [1.807, 2.05) is 6.92 Å². The molecule has 0 aliphatic heterocycles. The van der Waals surface area contributed by atoms with Crippen LogP contribution in [-0.4, -0.2) is 49.2 Å². The molecule has 0 fully saturated rings. The Morgan fingerprint density at radius 1 is 1.08 bits per heavy atom. The van der Waals surface area contributed by atoms with Crippen molar-refractivity contribution in [3.63, 3.8) is 0 Å². The minimum Gasteiger partial charge on any atom is -0.353 e. The normalized spacial score (nSPS) is 11.2. The van der Waals surface area contributed by atoms with Crippen molar-refractivity contribution in [2.24, 2.45) is 0 Å². The molecular formula is C23H28FN7O4S. The van der Waals surface area contributed by atoms with Crippen LogP contribution < -0.4 is 20.4 Å². The van der Waals surface area contributed by atoms with E-state index >= 15 is 4.39 Å². The average Bonchev–Trinajstić information content (AvgIpc) is 2.78. The largest absolute Gasteiger partial charge is 0.353 e. The SMILES string of the molecule is CCONC(=O)c1cnc(Nc2cc(C)nc(C)n2)cc1Nc1ccc(C)c(F)c1N(C)S(C)(=O)=O. The van der Waals surface area contributed by atoms with Crippen LogP contribution in [0.5, 0.6) is 0 Å². The van der Waals surface area contributed by atoms with Gasteiger partial charge in [-0.1, -0.05) is 6.07 Å². The van der Waals surface area contributed by atoms with E-state index in [9.17, 15) is 13.2 Å². The third-order valence-corrected chi connectivity index (χ3v) is 6.25. The number of sulfonamides is 1. The Bertz CT molecular complexity index is 1380. The lowest BCUT2D eigenvalue weighted by atomic mass is 10.1. The lowest BCUT2D eigenvalue weighted by molar-refractivity contribution is 0.0365. The maximum Gasteiger partial charge on any atom is 0.278 e. The topological polar surface area (TPSA) is 138 Å². The number of aromatic nitrogens is 3. The van der Waals surface area contributed by atoms with Crippen molar-refractivity contribution < 1.29 is 22.4 Å². The van der Waals surface area contributed by atoms with Crippen LogP contribution in [0.15, 0.2) is 30.5 Å². The van der Waals surface area contributed by atoms with Gasteiger partial charge >= 0.3 is 0 Å². The standard InChI is InChI=1S/C23H28FN7O4S/c1-7-35-30-23(32)16-12-25-19(29-20-10-14(3)26-15(4)27-20)11-18(16)28-17-9-8-13(2)21(24)22(17)31(5)36(6,33)34/h8-12H,7H2,1-6H3,(H,30,32)(H2,25,26,27,28,29). The van der Waals surface area contributed by atoms with E-state index in [4.69, 9.17) is 4.84 Å². The molecule has 3 aromatic rings. The van der Waals surface area contributed by atoms with Crippen molar-refractivity contribution in [2.45, 2.75) is 27.7 Å². The van der Waals surface area contributed by atoms with Crippen molar-refractivity contribution in [1.29, 1.82) is 0 Å². The number of halogens is 1. The van der Waals surface area contributed by atoms with Crippen molar-refractivity contribution in [3.05, 3.63) is 58.9 Å². The van der Waals surface area contributed by atoms with Gasteiger partial charge in [-0.05, 0) is 39.3 Å². The fourth-order valence-corrected chi connectivity index (χ4v) is 3.81. The quantitative estimate of drug-likeness (QED) is 0.364. The summed E-state index contributed by atoms with van der Waals surface area (Å²) >= 11 is 0. The highest BCUT2D eigenvalue weighted by Gasteiger charge is 2.23. The lowest BCUT2D eigenvalue weighted by Crippen LogP contribution is -2.27. The molecule has 0 saturated heterocycles. The lowest BCUT2D eigenvalue weighted by Gasteiger charge is -2.23. The number of hydrogen-bond donors (Lipinski definition) is 3. The van der Waals surface area contributed by atoms with Crippen LogP contribution in [0.3, 0.4) is 0 Å². The fourth-order valence-electron chi connectivity index (χ4n) is 3.30. The number of hydroxylamine groups is 1. The van der Waals surface area contributed by atoms with Crippen LogP contribution in [0.4, 0.5) is 33.1 Å². The van der Waals surface area contributed by atoms with E-state index in [1.54, 1.807) is 19.9 Å². The molecule has 0 radical (unpaired) electrons. The molecule has 3 rings (SSSR count). The van der Waals surface area contributed by atoms with Gasteiger partial charge in [0, 0.05) is 31.1 Å². The van der Waals surface area contributed by atoms with Crippen LogP contribution in [0.25, 0.3) is 0 Å². The van der Waals surface area contributed by atoms with Crippen LogP contribution in [0.2, 0.25) is 0 Å². The Kier molecular flexibility index (Phi) is 8.05. The highest BCUT2D eigenvalue weighted by Crippen LogP contribution is 2.35. The van der Waals surface area contributed by atoms with Gasteiger partial charge in [-0.2, -0.15) is 0 Å². The second-order valence-electron chi connectivity index (χ2n) is 7.99. The van der Waals surface area contributed by atoms with Crippen molar-refractivity contribution in [3.8, 4) is 0 Å². The molecule has 0 aliphatic rings. The molecule has 2 heterocycles.